The highest BCUT2D eigenvalue weighted by atomic mass is 19.1. The Morgan fingerprint density at radius 1 is 1.03 bits per heavy atom. The zero-order valence-electron chi connectivity index (χ0n) is 22.4. The summed E-state index contributed by atoms with van der Waals surface area (Å²) in [5.41, 5.74) is 5.80. The van der Waals surface area contributed by atoms with Crippen molar-refractivity contribution in [2.24, 2.45) is 0 Å². The molecule has 3 heterocycles. The van der Waals surface area contributed by atoms with Gasteiger partial charge in [-0.15, -0.1) is 0 Å². The first-order valence-corrected chi connectivity index (χ1v) is 13.2. The van der Waals surface area contributed by atoms with Gasteiger partial charge in [-0.1, -0.05) is 32.0 Å². The maximum absolute atomic E-state index is 15.1. The first kappa shape index (κ1) is 25.8. The normalized spacial score (nSPS) is 14.7. The molecule has 2 aromatic carbocycles. The standard InChI is InChI=1S/C31H34FN5O/c1-19(2)30-35-28(29(36-30)27-7-5-6-20(3)33-27)23-12-13-26(32)25(18-23)21-8-10-22(11-9-21)31(38)34-24-14-16-37(4)17-15-24/h5-13,18-19,24H,14-17H2,1-4H3,(H,34,38)(H,35,36). The van der Waals surface area contributed by atoms with E-state index in [2.05, 4.69) is 41.1 Å². The number of nitrogens with zero attached hydrogens (tertiary/aromatic N) is 3. The quantitative estimate of drug-likeness (QED) is 0.323. The molecule has 0 bridgehead atoms. The predicted octanol–water partition coefficient (Wildman–Crippen LogP) is 6.20. The second-order valence-corrected chi connectivity index (χ2v) is 10.5. The maximum Gasteiger partial charge on any atom is 0.251 e. The molecule has 38 heavy (non-hydrogen) atoms. The minimum atomic E-state index is -0.327. The number of halogens is 1. The van der Waals surface area contributed by atoms with Crippen LogP contribution in [0.15, 0.2) is 60.7 Å². The number of likely N-dealkylation sites (tertiary alicyclic amines) is 1. The number of carbonyl (C=O) groups excluding carboxylic acids is 1. The molecule has 1 aliphatic rings. The molecule has 0 spiro atoms. The number of H-pyrrole nitrogens is 1. The summed E-state index contributed by atoms with van der Waals surface area (Å²) in [6.45, 7) is 8.08. The Morgan fingerprint density at radius 3 is 2.42 bits per heavy atom. The number of aryl methyl sites for hydroxylation is 1. The molecule has 5 rings (SSSR count). The molecular weight excluding hydrogens is 477 g/mol. The van der Waals surface area contributed by atoms with Crippen LogP contribution >= 0.6 is 0 Å². The van der Waals surface area contributed by atoms with Crippen LogP contribution in [-0.2, 0) is 0 Å². The summed E-state index contributed by atoms with van der Waals surface area (Å²) in [5.74, 6) is 0.630. The van der Waals surface area contributed by atoms with E-state index < -0.39 is 0 Å². The Balaban J connectivity index is 1.44. The number of amides is 1. The lowest BCUT2D eigenvalue weighted by Crippen LogP contribution is -2.43. The van der Waals surface area contributed by atoms with Gasteiger partial charge >= 0.3 is 0 Å². The first-order chi connectivity index (χ1) is 18.3. The van der Waals surface area contributed by atoms with Gasteiger partial charge < -0.3 is 15.2 Å². The van der Waals surface area contributed by atoms with E-state index in [1.165, 1.54) is 6.07 Å². The van der Waals surface area contributed by atoms with E-state index in [1.54, 1.807) is 30.3 Å². The van der Waals surface area contributed by atoms with E-state index in [0.29, 0.717) is 16.7 Å². The van der Waals surface area contributed by atoms with Gasteiger partial charge in [-0.25, -0.2) is 9.37 Å². The van der Waals surface area contributed by atoms with Crippen molar-refractivity contribution in [1.29, 1.82) is 0 Å². The molecule has 2 N–H and O–H groups in total. The average Bonchev–Trinajstić information content (AvgIpc) is 3.37. The van der Waals surface area contributed by atoms with Crippen LogP contribution in [0.4, 0.5) is 4.39 Å². The summed E-state index contributed by atoms with van der Waals surface area (Å²) in [6.07, 6.45) is 1.90. The highest BCUT2D eigenvalue weighted by Gasteiger charge is 2.20. The Labute approximate surface area is 223 Å². The van der Waals surface area contributed by atoms with Crippen LogP contribution in [0.2, 0.25) is 0 Å². The molecule has 0 atom stereocenters. The molecule has 4 aromatic rings. The molecule has 1 saturated heterocycles. The summed E-state index contributed by atoms with van der Waals surface area (Å²) < 4.78 is 15.1. The Bertz CT molecular complexity index is 1440. The van der Waals surface area contributed by atoms with Crippen LogP contribution in [0, 0.1) is 12.7 Å². The number of hydrogen-bond acceptors (Lipinski definition) is 4. The van der Waals surface area contributed by atoms with Crippen LogP contribution in [0.5, 0.6) is 0 Å². The van der Waals surface area contributed by atoms with Crippen molar-refractivity contribution in [3.8, 4) is 33.8 Å². The summed E-state index contributed by atoms with van der Waals surface area (Å²) in [5, 5.41) is 3.14. The average molecular weight is 512 g/mol. The lowest BCUT2D eigenvalue weighted by atomic mass is 9.98. The third kappa shape index (κ3) is 5.53. The third-order valence-electron chi connectivity index (χ3n) is 7.17. The number of imidazole rings is 1. The Kier molecular flexibility index (Phi) is 7.38. The van der Waals surface area contributed by atoms with Crippen molar-refractivity contribution in [3.63, 3.8) is 0 Å². The van der Waals surface area contributed by atoms with Gasteiger partial charge in [0.1, 0.15) is 11.6 Å². The molecule has 0 saturated carbocycles. The van der Waals surface area contributed by atoms with Crippen LogP contribution in [0.25, 0.3) is 33.8 Å². The monoisotopic (exact) mass is 511 g/mol. The molecule has 0 radical (unpaired) electrons. The summed E-state index contributed by atoms with van der Waals surface area (Å²) in [6, 6.07) is 18.3. The number of rotatable bonds is 6. The largest absolute Gasteiger partial charge is 0.349 e. The van der Waals surface area contributed by atoms with Crippen LogP contribution < -0.4 is 5.32 Å². The first-order valence-electron chi connectivity index (χ1n) is 13.2. The van der Waals surface area contributed by atoms with Crippen molar-refractivity contribution >= 4 is 5.91 Å². The second kappa shape index (κ2) is 10.9. The number of piperidine rings is 1. The molecule has 2 aromatic heterocycles. The zero-order chi connectivity index (χ0) is 26.8. The van der Waals surface area contributed by atoms with Crippen LogP contribution in [0.3, 0.4) is 0 Å². The third-order valence-corrected chi connectivity index (χ3v) is 7.17. The number of carbonyl (C=O) groups is 1. The fraction of sp³-hybridized carbons (Fsp3) is 0.323. The van der Waals surface area contributed by atoms with Crippen molar-refractivity contribution in [1.82, 2.24) is 25.2 Å². The molecule has 1 aliphatic heterocycles. The lowest BCUT2D eigenvalue weighted by molar-refractivity contribution is 0.0917. The maximum atomic E-state index is 15.1. The van der Waals surface area contributed by atoms with E-state index in [-0.39, 0.29) is 23.7 Å². The topological polar surface area (TPSA) is 73.9 Å². The fourth-order valence-corrected chi connectivity index (χ4v) is 4.86. The minimum Gasteiger partial charge on any atom is -0.349 e. The van der Waals surface area contributed by atoms with E-state index in [9.17, 15) is 4.79 Å². The summed E-state index contributed by atoms with van der Waals surface area (Å²) in [7, 11) is 2.10. The summed E-state index contributed by atoms with van der Waals surface area (Å²) >= 11 is 0. The van der Waals surface area contributed by atoms with Crippen molar-refractivity contribution in [2.45, 2.75) is 45.6 Å². The Hall–Kier alpha value is -3.84. The Morgan fingerprint density at radius 2 is 1.74 bits per heavy atom. The van der Waals surface area contributed by atoms with Gasteiger partial charge in [-0.05, 0) is 87.9 Å². The molecule has 0 unspecified atom stereocenters. The van der Waals surface area contributed by atoms with E-state index in [4.69, 9.17) is 4.98 Å². The van der Waals surface area contributed by atoms with Crippen molar-refractivity contribution in [2.75, 3.05) is 20.1 Å². The number of pyridine rings is 1. The van der Waals surface area contributed by atoms with Gasteiger partial charge in [0.15, 0.2) is 0 Å². The molecule has 1 fully saturated rings. The van der Waals surface area contributed by atoms with Gasteiger partial charge in [-0.2, -0.15) is 0 Å². The number of hydrogen-bond donors (Lipinski definition) is 2. The van der Waals surface area contributed by atoms with Crippen molar-refractivity contribution in [3.05, 3.63) is 83.6 Å². The number of aromatic amines is 1. The SMILES string of the molecule is Cc1cccc(-c2[nH]c(C(C)C)nc2-c2ccc(F)c(-c3ccc(C(=O)NC4CCN(C)CC4)cc3)c2)n1. The predicted molar refractivity (Wildman–Crippen MR) is 149 cm³/mol. The van der Waals surface area contributed by atoms with Crippen LogP contribution in [-0.4, -0.2) is 51.9 Å². The van der Waals surface area contributed by atoms with Crippen molar-refractivity contribution < 1.29 is 9.18 Å². The number of nitrogens with one attached hydrogen (secondary N) is 2. The highest BCUT2D eigenvalue weighted by molar-refractivity contribution is 5.95. The fourth-order valence-electron chi connectivity index (χ4n) is 4.86. The smallest absolute Gasteiger partial charge is 0.251 e. The van der Waals surface area contributed by atoms with Gasteiger partial charge in [-0.3, -0.25) is 9.78 Å². The molecule has 1 amide bonds. The zero-order valence-corrected chi connectivity index (χ0v) is 22.4. The van der Waals surface area contributed by atoms with Gasteiger partial charge in [0, 0.05) is 34.3 Å². The van der Waals surface area contributed by atoms with Gasteiger partial charge in [0.25, 0.3) is 5.91 Å². The number of benzene rings is 2. The minimum absolute atomic E-state index is 0.0895. The van der Waals surface area contributed by atoms with E-state index in [0.717, 1.165) is 60.1 Å². The second-order valence-electron chi connectivity index (χ2n) is 10.5. The van der Waals surface area contributed by atoms with E-state index >= 15 is 4.39 Å². The van der Waals surface area contributed by atoms with Gasteiger partial charge in [0.05, 0.1) is 17.1 Å². The molecule has 0 aliphatic carbocycles. The molecular formula is C31H34FN5O. The molecule has 196 valence electrons. The number of aromatic nitrogens is 3. The molecule has 7 heteroatoms. The van der Waals surface area contributed by atoms with Crippen LogP contribution in [0.1, 0.15) is 54.5 Å². The summed E-state index contributed by atoms with van der Waals surface area (Å²) in [4.78, 5) is 28.1. The molecule has 6 nitrogen and oxygen atoms in total. The highest BCUT2D eigenvalue weighted by Crippen LogP contribution is 2.34. The van der Waals surface area contributed by atoms with Gasteiger partial charge in [0.2, 0.25) is 0 Å². The van der Waals surface area contributed by atoms with E-state index in [1.807, 2.05) is 31.2 Å². The lowest BCUT2D eigenvalue weighted by Gasteiger charge is -2.29.